The van der Waals surface area contributed by atoms with Crippen molar-refractivity contribution in [1.29, 1.82) is 0 Å². The summed E-state index contributed by atoms with van der Waals surface area (Å²) >= 11 is 5.14. The Morgan fingerprint density at radius 1 is 1.35 bits per heavy atom. The number of halogens is 1. The van der Waals surface area contributed by atoms with Gasteiger partial charge in [0.25, 0.3) is 5.56 Å². The van der Waals surface area contributed by atoms with Crippen molar-refractivity contribution in [2.45, 2.75) is 20.0 Å². The van der Waals surface area contributed by atoms with Crippen molar-refractivity contribution in [2.24, 2.45) is 7.05 Å². The molecule has 20 heavy (non-hydrogen) atoms. The van der Waals surface area contributed by atoms with Gasteiger partial charge in [-0.1, -0.05) is 0 Å². The molecule has 0 saturated carbocycles. The number of hydrogen-bond acceptors (Lipinski definition) is 4. The molecular weight excluding hydrogens is 361 g/mol. The van der Waals surface area contributed by atoms with Crippen LogP contribution in [0, 0.1) is 0 Å². The van der Waals surface area contributed by atoms with E-state index in [9.17, 15) is 4.79 Å². The molecule has 2 rings (SSSR count). The van der Waals surface area contributed by atoms with Crippen LogP contribution >= 0.6 is 35.6 Å². The fourth-order valence-corrected chi connectivity index (χ4v) is 5.24. The van der Waals surface area contributed by atoms with Gasteiger partial charge in [-0.15, -0.1) is 11.3 Å². The van der Waals surface area contributed by atoms with Crippen LogP contribution in [-0.4, -0.2) is 17.8 Å². The van der Waals surface area contributed by atoms with Crippen molar-refractivity contribution in [3.63, 3.8) is 0 Å². The van der Waals surface area contributed by atoms with Gasteiger partial charge in [-0.2, -0.15) is 0 Å². The van der Waals surface area contributed by atoms with Gasteiger partial charge in [0.05, 0.1) is 33.9 Å². The third kappa shape index (κ3) is 3.49. The van der Waals surface area contributed by atoms with E-state index in [1.807, 2.05) is 19.9 Å². The molecule has 0 amide bonds. The van der Waals surface area contributed by atoms with E-state index in [1.54, 1.807) is 29.1 Å². The predicted octanol–water partition coefficient (Wildman–Crippen LogP) is 4.25. The molecule has 0 radical (unpaired) electrons. The van der Waals surface area contributed by atoms with E-state index in [1.165, 1.54) is 0 Å². The zero-order valence-electron chi connectivity index (χ0n) is 11.7. The van der Waals surface area contributed by atoms with Crippen molar-refractivity contribution in [3.8, 4) is 0 Å². The topological polar surface area (TPSA) is 40.5 Å². The zero-order valence-corrected chi connectivity index (χ0v) is 15.0. The Bertz CT molecular complexity index is 649. The van der Waals surface area contributed by atoms with E-state index in [2.05, 4.69) is 15.9 Å². The molecule has 0 unspecified atom stereocenters. The Morgan fingerprint density at radius 3 is 2.60 bits per heavy atom. The first-order valence-corrected chi connectivity index (χ1v) is 9.35. The molecule has 0 bridgehead atoms. The minimum atomic E-state index is -0.915. The van der Waals surface area contributed by atoms with Gasteiger partial charge < -0.3 is 13.6 Å². The fourth-order valence-electron chi connectivity index (χ4n) is 1.88. The number of fused-ring (bicyclic) bond motifs is 1. The van der Waals surface area contributed by atoms with Crippen LogP contribution in [0.4, 0.5) is 0 Å². The molecule has 0 aromatic carbocycles. The minimum absolute atomic E-state index is 0.0304. The molecule has 4 nitrogen and oxygen atoms in total. The van der Waals surface area contributed by atoms with Gasteiger partial charge in [0.2, 0.25) is 0 Å². The van der Waals surface area contributed by atoms with E-state index in [0.29, 0.717) is 13.2 Å². The first-order valence-electron chi connectivity index (χ1n) is 6.37. The van der Waals surface area contributed by atoms with E-state index >= 15 is 0 Å². The summed E-state index contributed by atoms with van der Waals surface area (Å²) in [5.74, 6) is 0. The van der Waals surface area contributed by atoms with E-state index in [0.717, 1.165) is 25.6 Å². The molecule has 0 aliphatic carbocycles. The summed E-state index contributed by atoms with van der Waals surface area (Å²) in [5, 5.41) is 0.754. The lowest BCUT2D eigenvalue weighted by atomic mass is 10.3. The third-order valence-electron chi connectivity index (χ3n) is 2.69. The second-order valence-corrected chi connectivity index (χ2v) is 7.66. The Kier molecular flexibility index (Phi) is 5.75. The number of aromatic nitrogens is 1. The largest absolute Gasteiger partial charge is 0.334 e. The van der Waals surface area contributed by atoms with Crippen LogP contribution in [0.15, 0.2) is 21.5 Å². The smallest absolute Gasteiger partial charge is 0.259 e. The number of rotatable bonds is 6. The standard InChI is InChI=1S/C13H17BrNO3PS/c1-4-17-19(18-5-2)8-9-6-10-12(20-9)11(14)7-15(3)13(10)16/h6-7H,4-5,8H2,1-3H3. The van der Waals surface area contributed by atoms with Crippen LogP contribution in [0.1, 0.15) is 18.7 Å². The van der Waals surface area contributed by atoms with Gasteiger partial charge in [-0.25, -0.2) is 0 Å². The maximum Gasteiger partial charge on any atom is 0.259 e. The van der Waals surface area contributed by atoms with Gasteiger partial charge in [-0.3, -0.25) is 4.79 Å². The van der Waals surface area contributed by atoms with Gasteiger partial charge in [-0.05, 0) is 35.8 Å². The lowest BCUT2D eigenvalue weighted by Crippen LogP contribution is -2.15. The molecule has 0 aliphatic heterocycles. The van der Waals surface area contributed by atoms with E-state index in [-0.39, 0.29) is 5.56 Å². The molecule has 0 fully saturated rings. The molecule has 2 aromatic heterocycles. The summed E-state index contributed by atoms with van der Waals surface area (Å²) in [6.07, 6.45) is 2.53. The molecule has 0 N–H and O–H groups in total. The van der Waals surface area contributed by atoms with Crippen LogP contribution in [0.25, 0.3) is 10.1 Å². The fraction of sp³-hybridized carbons (Fsp3) is 0.462. The van der Waals surface area contributed by atoms with Crippen molar-refractivity contribution in [1.82, 2.24) is 4.57 Å². The number of aryl methyl sites for hydroxylation is 1. The van der Waals surface area contributed by atoms with Gasteiger partial charge >= 0.3 is 0 Å². The van der Waals surface area contributed by atoms with E-state index in [4.69, 9.17) is 9.05 Å². The molecule has 110 valence electrons. The van der Waals surface area contributed by atoms with Crippen LogP contribution in [0.5, 0.6) is 0 Å². The number of pyridine rings is 1. The number of thiophene rings is 1. The molecule has 2 heterocycles. The van der Waals surface area contributed by atoms with Crippen molar-refractivity contribution < 1.29 is 9.05 Å². The second kappa shape index (κ2) is 7.14. The van der Waals surface area contributed by atoms with E-state index < -0.39 is 8.38 Å². The lowest BCUT2D eigenvalue weighted by molar-refractivity contribution is 0.269. The molecule has 0 aliphatic rings. The molecule has 0 spiro atoms. The summed E-state index contributed by atoms with van der Waals surface area (Å²) in [6.45, 7) is 5.21. The number of hydrogen-bond donors (Lipinski definition) is 0. The zero-order chi connectivity index (χ0) is 14.7. The first kappa shape index (κ1) is 16.1. The van der Waals surface area contributed by atoms with Crippen molar-refractivity contribution >= 4 is 45.7 Å². The van der Waals surface area contributed by atoms with Crippen molar-refractivity contribution in [2.75, 3.05) is 13.2 Å². The third-order valence-corrected chi connectivity index (χ3v) is 6.63. The maximum atomic E-state index is 12.1. The Morgan fingerprint density at radius 2 is 2.00 bits per heavy atom. The molecule has 0 atom stereocenters. The minimum Gasteiger partial charge on any atom is -0.334 e. The average molecular weight is 378 g/mol. The van der Waals surface area contributed by atoms with Crippen LogP contribution in [-0.2, 0) is 22.3 Å². The molecule has 7 heteroatoms. The highest BCUT2D eigenvalue weighted by molar-refractivity contribution is 9.10. The predicted molar refractivity (Wildman–Crippen MR) is 88.6 cm³/mol. The quantitative estimate of drug-likeness (QED) is 0.706. The summed E-state index contributed by atoms with van der Waals surface area (Å²) in [7, 11) is 0.846. The Labute approximate surface area is 131 Å². The Balaban J connectivity index is 2.34. The van der Waals surface area contributed by atoms with Gasteiger partial charge in [0.15, 0.2) is 8.38 Å². The highest BCUT2D eigenvalue weighted by atomic mass is 79.9. The highest BCUT2D eigenvalue weighted by Gasteiger charge is 2.15. The van der Waals surface area contributed by atoms with Crippen LogP contribution in [0.2, 0.25) is 0 Å². The van der Waals surface area contributed by atoms with Crippen LogP contribution in [0.3, 0.4) is 0 Å². The summed E-state index contributed by atoms with van der Waals surface area (Å²) in [6, 6.07) is 1.96. The SMILES string of the molecule is CCOP(Cc1cc2c(=O)n(C)cc(Br)c2s1)OCC. The van der Waals surface area contributed by atoms with Gasteiger partial charge in [0, 0.05) is 18.1 Å². The molecule has 0 saturated heterocycles. The summed E-state index contributed by atoms with van der Waals surface area (Å²) < 4.78 is 14.8. The second-order valence-electron chi connectivity index (χ2n) is 4.18. The first-order chi connectivity index (χ1) is 9.56. The van der Waals surface area contributed by atoms with Gasteiger partial charge in [0.1, 0.15) is 0 Å². The molecule has 2 aromatic rings. The Hall–Kier alpha value is -0.260. The number of nitrogens with zero attached hydrogens (tertiary/aromatic N) is 1. The summed E-state index contributed by atoms with van der Waals surface area (Å²) in [5.41, 5.74) is 0.0304. The lowest BCUT2D eigenvalue weighted by Gasteiger charge is -2.14. The van der Waals surface area contributed by atoms with Crippen molar-refractivity contribution in [3.05, 3.63) is 32.0 Å². The molecular formula is C13H17BrNO3PS. The normalized spacial score (nSPS) is 11.7. The highest BCUT2D eigenvalue weighted by Crippen LogP contribution is 2.44. The summed E-state index contributed by atoms with van der Waals surface area (Å²) in [4.78, 5) is 13.2. The average Bonchev–Trinajstić information content (AvgIpc) is 2.81. The monoisotopic (exact) mass is 377 g/mol. The van der Waals surface area contributed by atoms with Crippen LogP contribution < -0.4 is 5.56 Å². The maximum absolute atomic E-state index is 12.1.